The van der Waals surface area contributed by atoms with Crippen LogP contribution in [-0.4, -0.2) is 31.5 Å². The van der Waals surface area contributed by atoms with Crippen LogP contribution in [0.1, 0.15) is 0 Å². The summed E-state index contributed by atoms with van der Waals surface area (Å²) in [6, 6.07) is 7.21. The molecule has 0 radical (unpaired) electrons. The van der Waals surface area contributed by atoms with Crippen LogP contribution in [0.5, 0.6) is 0 Å². The molecule has 8 heteroatoms. The molecule has 0 fully saturated rings. The van der Waals surface area contributed by atoms with E-state index in [0.29, 0.717) is 28.3 Å². The van der Waals surface area contributed by atoms with E-state index in [-0.39, 0.29) is 18.4 Å². The van der Waals surface area contributed by atoms with Gasteiger partial charge in [0.2, 0.25) is 5.95 Å². The van der Waals surface area contributed by atoms with E-state index in [0.717, 1.165) is 5.56 Å². The molecule has 0 aliphatic rings. The Bertz CT molecular complexity index is 799. The summed E-state index contributed by atoms with van der Waals surface area (Å²) < 4.78 is 1.56. The van der Waals surface area contributed by atoms with Gasteiger partial charge in [-0.1, -0.05) is 23.7 Å². The average Bonchev–Trinajstić information content (AvgIpc) is 2.79. The van der Waals surface area contributed by atoms with Crippen LogP contribution in [0.25, 0.3) is 22.3 Å². The molecule has 2 heterocycles. The molecule has 0 bridgehead atoms. The SMILES string of the molecule is Nc1nc(N)c2c(-c3ccc(Cl)cc3)nn(CCO)c2n1. The van der Waals surface area contributed by atoms with E-state index in [1.165, 1.54) is 0 Å². The Hall–Kier alpha value is -2.38. The number of nitrogens with two attached hydrogens (primary N) is 2. The molecule has 0 aliphatic carbocycles. The number of fused-ring (bicyclic) bond motifs is 1. The van der Waals surface area contributed by atoms with Crippen LogP contribution in [0.2, 0.25) is 5.02 Å². The first-order valence-electron chi connectivity index (χ1n) is 6.26. The lowest BCUT2D eigenvalue weighted by Gasteiger charge is -2.01. The second-order valence-electron chi connectivity index (χ2n) is 4.47. The maximum absolute atomic E-state index is 9.15. The first-order valence-corrected chi connectivity index (χ1v) is 6.64. The first-order chi connectivity index (χ1) is 10.1. The third kappa shape index (κ3) is 2.37. The van der Waals surface area contributed by atoms with Crippen molar-refractivity contribution >= 4 is 34.4 Å². The fourth-order valence-corrected chi connectivity index (χ4v) is 2.30. The Kier molecular flexibility index (Phi) is 3.36. The Morgan fingerprint density at radius 2 is 1.86 bits per heavy atom. The van der Waals surface area contributed by atoms with Crippen LogP contribution >= 0.6 is 11.6 Å². The van der Waals surface area contributed by atoms with Crippen molar-refractivity contribution in [2.45, 2.75) is 6.54 Å². The van der Waals surface area contributed by atoms with Gasteiger partial charge in [0.05, 0.1) is 18.5 Å². The van der Waals surface area contributed by atoms with Crippen molar-refractivity contribution in [1.82, 2.24) is 19.7 Å². The maximum atomic E-state index is 9.15. The Labute approximate surface area is 125 Å². The Morgan fingerprint density at radius 1 is 1.14 bits per heavy atom. The van der Waals surface area contributed by atoms with Crippen LogP contribution < -0.4 is 11.5 Å². The average molecular weight is 305 g/mol. The van der Waals surface area contributed by atoms with Gasteiger partial charge in [-0.3, -0.25) is 0 Å². The zero-order chi connectivity index (χ0) is 15.0. The molecule has 0 saturated carbocycles. The largest absolute Gasteiger partial charge is 0.394 e. The minimum absolute atomic E-state index is 0.0688. The molecule has 0 unspecified atom stereocenters. The van der Waals surface area contributed by atoms with Crippen molar-refractivity contribution in [2.24, 2.45) is 0 Å². The number of hydrogen-bond acceptors (Lipinski definition) is 6. The van der Waals surface area contributed by atoms with Crippen molar-refractivity contribution in [2.75, 3.05) is 18.1 Å². The number of nitrogen functional groups attached to an aromatic ring is 2. The highest BCUT2D eigenvalue weighted by Crippen LogP contribution is 2.31. The van der Waals surface area contributed by atoms with Crippen LogP contribution in [-0.2, 0) is 6.54 Å². The third-order valence-electron chi connectivity index (χ3n) is 3.07. The summed E-state index contributed by atoms with van der Waals surface area (Å²) in [5.74, 6) is 0.327. The number of hydrogen-bond donors (Lipinski definition) is 3. The number of halogens is 1. The number of nitrogens with zero attached hydrogens (tertiary/aromatic N) is 4. The minimum Gasteiger partial charge on any atom is -0.394 e. The highest BCUT2D eigenvalue weighted by Gasteiger charge is 2.17. The topological polar surface area (TPSA) is 116 Å². The molecule has 3 rings (SSSR count). The lowest BCUT2D eigenvalue weighted by atomic mass is 10.1. The highest BCUT2D eigenvalue weighted by atomic mass is 35.5. The third-order valence-corrected chi connectivity index (χ3v) is 3.32. The van der Waals surface area contributed by atoms with E-state index in [2.05, 4.69) is 15.1 Å². The quantitative estimate of drug-likeness (QED) is 0.671. The fourth-order valence-electron chi connectivity index (χ4n) is 2.18. The molecule has 5 N–H and O–H groups in total. The number of aliphatic hydroxyl groups excluding tert-OH is 1. The van der Waals surface area contributed by atoms with Gasteiger partial charge in [0, 0.05) is 10.6 Å². The molecule has 108 valence electrons. The molecular weight excluding hydrogens is 292 g/mol. The molecule has 7 nitrogen and oxygen atoms in total. The molecule has 0 atom stereocenters. The van der Waals surface area contributed by atoms with Crippen molar-refractivity contribution in [3.05, 3.63) is 29.3 Å². The molecule has 0 aliphatic heterocycles. The highest BCUT2D eigenvalue weighted by molar-refractivity contribution is 6.30. The summed E-state index contributed by atoms with van der Waals surface area (Å²) >= 11 is 5.90. The van der Waals surface area contributed by atoms with Crippen LogP contribution in [0.15, 0.2) is 24.3 Å². The van der Waals surface area contributed by atoms with Crippen molar-refractivity contribution in [3.8, 4) is 11.3 Å². The molecule has 2 aromatic heterocycles. The van der Waals surface area contributed by atoms with E-state index >= 15 is 0 Å². The standard InChI is InChI=1S/C13H13ClN6O/c14-8-3-1-7(2-4-8)10-9-11(15)17-13(16)18-12(9)20(19-10)5-6-21/h1-4,21H,5-6H2,(H4,15,16,17,18). The monoisotopic (exact) mass is 304 g/mol. The van der Waals surface area contributed by atoms with Crippen molar-refractivity contribution < 1.29 is 5.11 Å². The van der Waals surface area contributed by atoms with E-state index in [9.17, 15) is 0 Å². The normalized spacial score (nSPS) is 11.1. The summed E-state index contributed by atoms with van der Waals surface area (Å²) in [6.07, 6.45) is 0. The molecule has 21 heavy (non-hydrogen) atoms. The maximum Gasteiger partial charge on any atom is 0.224 e. The first kappa shape index (κ1) is 13.6. The Morgan fingerprint density at radius 3 is 2.52 bits per heavy atom. The zero-order valence-corrected chi connectivity index (χ0v) is 11.7. The summed E-state index contributed by atoms with van der Waals surface area (Å²) in [5.41, 5.74) is 13.6. The lowest BCUT2D eigenvalue weighted by Crippen LogP contribution is -2.06. The van der Waals surface area contributed by atoms with Gasteiger partial charge in [0.15, 0.2) is 5.65 Å². The van der Waals surface area contributed by atoms with Crippen molar-refractivity contribution in [1.29, 1.82) is 0 Å². The second kappa shape index (κ2) is 5.19. The summed E-state index contributed by atoms with van der Waals surface area (Å²) in [7, 11) is 0. The number of rotatable bonds is 3. The summed E-state index contributed by atoms with van der Waals surface area (Å²) in [4.78, 5) is 8.15. The van der Waals surface area contributed by atoms with Gasteiger partial charge in [-0.25, -0.2) is 4.68 Å². The summed E-state index contributed by atoms with van der Waals surface area (Å²) in [5, 5.41) is 14.8. The molecule has 1 aromatic carbocycles. The number of aliphatic hydroxyl groups is 1. The predicted molar refractivity (Wildman–Crippen MR) is 81.7 cm³/mol. The van der Waals surface area contributed by atoms with E-state index in [4.69, 9.17) is 28.2 Å². The van der Waals surface area contributed by atoms with Crippen LogP contribution in [0, 0.1) is 0 Å². The lowest BCUT2D eigenvalue weighted by molar-refractivity contribution is 0.271. The fraction of sp³-hybridized carbons (Fsp3) is 0.154. The zero-order valence-electron chi connectivity index (χ0n) is 11.0. The van der Waals surface area contributed by atoms with E-state index in [1.54, 1.807) is 16.8 Å². The molecule has 3 aromatic rings. The van der Waals surface area contributed by atoms with E-state index < -0.39 is 0 Å². The minimum atomic E-state index is -0.0688. The van der Waals surface area contributed by atoms with Gasteiger partial charge in [-0.05, 0) is 12.1 Å². The van der Waals surface area contributed by atoms with Gasteiger partial charge >= 0.3 is 0 Å². The van der Waals surface area contributed by atoms with Gasteiger partial charge in [-0.15, -0.1) is 0 Å². The smallest absolute Gasteiger partial charge is 0.224 e. The van der Waals surface area contributed by atoms with Gasteiger partial charge in [-0.2, -0.15) is 15.1 Å². The predicted octanol–water partition coefficient (Wildman–Crippen LogP) is 1.30. The number of aromatic nitrogens is 4. The van der Waals surface area contributed by atoms with Gasteiger partial charge in [0.25, 0.3) is 0 Å². The second-order valence-corrected chi connectivity index (χ2v) is 4.90. The van der Waals surface area contributed by atoms with Gasteiger partial charge < -0.3 is 16.6 Å². The molecule has 0 amide bonds. The molecule has 0 spiro atoms. The van der Waals surface area contributed by atoms with Crippen LogP contribution in [0.3, 0.4) is 0 Å². The number of anilines is 2. The molecule has 0 saturated heterocycles. The summed E-state index contributed by atoms with van der Waals surface area (Å²) in [6.45, 7) is 0.223. The molecular formula is C13H13ClN6O. The van der Waals surface area contributed by atoms with Crippen LogP contribution in [0.4, 0.5) is 11.8 Å². The van der Waals surface area contributed by atoms with E-state index in [1.807, 2.05) is 12.1 Å². The van der Waals surface area contributed by atoms with Gasteiger partial charge in [0.1, 0.15) is 11.5 Å². The number of benzene rings is 1. The van der Waals surface area contributed by atoms with Crippen molar-refractivity contribution in [3.63, 3.8) is 0 Å². The Balaban J connectivity index is 2.29.